The van der Waals surface area contributed by atoms with E-state index >= 15 is 0 Å². The fourth-order valence-electron chi connectivity index (χ4n) is 5.36. The van der Waals surface area contributed by atoms with Crippen molar-refractivity contribution in [2.24, 2.45) is 0 Å². The van der Waals surface area contributed by atoms with Gasteiger partial charge in [0.25, 0.3) is 0 Å². The summed E-state index contributed by atoms with van der Waals surface area (Å²) in [6, 6.07) is 36.3. The van der Waals surface area contributed by atoms with Crippen LogP contribution in [0.15, 0.2) is 108 Å². The number of benzene rings is 3. The fraction of sp³-hybridized carbons (Fsp3) is 0. The number of hydrogen-bond donors (Lipinski definition) is 0. The molecule has 0 unspecified atom stereocenters. The van der Waals surface area contributed by atoms with Crippen molar-refractivity contribution in [2.45, 2.75) is 0 Å². The number of hydrogen-bond acceptors (Lipinski definition) is 6. The van der Waals surface area contributed by atoms with Gasteiger partial charge in [0.05, 0.1) is 9.40 Å². The van der Waals surface area contributed by atoms with Crippen LogP contribution in [0.25, 0.3) is 80.7 Å². The lowest BCUT2D eigenvalue weighted by atomic mass is 10.1. The zero-order valence-corrected chi connectivity index (χ0v) is 25.7. The first-order chi connectivity index (χ1) is 19.8. The van der Waals surface area contributed by atoms with E-state index in [1.54, 1.807) is 22.7 Å². The Kier molecular flexibility index (Phi) is 5.43. The molecule has 0 aliphatic heterocycles. The molecule has 6 heterocycles. The summed E-state index contributed by atoms with van der Waals surface area (Å²) in [5.41, 5.74) is 5.19. The van der Waals surface area contributed by atoms with Crippen molar-refractivity contribution >= 4 is 107 Å². The molecule has 40 heavy (non-hydrogen) atoms. The van der Waals surface area contributed by atoms with E-state index in [9.17, 15) is 0 Å². The summed E-state index contributed by atoms with van der Waals surface area (Å²) in [6.07, 6.45) is 0. The van der Waals surface area contributed by atoms with E-state index < -0.39 is 0 Å². The maximum absolute atomic E-state index is 2.44. The molecule has 0 aliphatic rings. The average Bonchev–Trinajstić information content (AvgIpc) is 3.82. The maximum Gasteiger partial charge on any atom is 0.0536 e. The normalized spacial score (nSPS) is 12.0. The van der Waals surface area contributed by atoms with Gasteiger partial charge in [-0.05, 0) is 69.4 Å². The third-order valence-corrected chi connectivity index (χ3v) is 14.1. The molecule has 0 atom stereocenters. The standard InChI is InChI=1S/C34H18S6/c1-3-25(35-13-1)19-5-9-21(10-6-19)27-17-31-33(39-27)23-15-30-24(16-29(23)37-31)34-32(38-30)18-28(40-34)22-11-7-20(8-12-22)26-4-2-14-36-26/h1-18H. The van der Waals surface area contributed by atoms with E-state index in [-0.39, 0.29) is 0 Å². The molecule has 3 aromatic carbocycles. The highest BCUT2D eigenvalue weighted by molar-refractivity contribution is 7.35. The summed E-state index contributed by atoms with van der Waals surface area (Å²) >= 11 is 11.3. The van der Waals surface area contributed by atoms with Gasteiger partial charge in [-0.2, -0.15) is 0 Å². The first kappa shape index (κ1) is 23.6. The minimum absolute atomic E-state index is 1.29. The van der Waals surface area contributed by atoms with Crippen LogP contribution in [0.5, 0.6) is 0 Å². The van der Waals surface area contributed by atoms with Crippen LogP contribution in [0.2, 0.25) is 0 Å². The fourth-order valence-corrected chi connectivity index (χ4v) is 11.9. The Labute approximate surface area is 254 Å². The van der Waals surface area contributed by atoms with Crippen LogP contribution in [0.3, 0.4) is 0 Å². The van der Waals surface area contributed by atoms with E-state index in [4.69, 9.17) is 0 Å². The van der Waals surface area contributed by atoms with Gasteiger partial charge in [-0.15, -0.1) is 68.0 Å². The summed E-state index contributed by atoms with van der Waals surface area (Å²) < 4.78 is 8.41. The van der Waals surface area contributed by atoms with Crippen molar-refractivity contribution in [3.05, 3.63) is 108 Å². The second-order valence-corrected chi connectivity index (χ2v) is 15.9. The van der Waals surface area contributed by atoms with Crippen LogP contribution in [0, 0.1) is 0 Å². The average molecular weight is 619 g/mol. The Balaban J connectivity index is 1.08. The molecule has 0 spiro atoms. The van der Waals surface area contributed by atoms with E-state index in [1.807, 2.05) is 45.3 Å². The van der Waals surface area contributed by atoms with Gasteiger partial charge in [0.15, 0.2) is 0 Å². The lowest BCUT2D eigenvalue weighted by Crippen LogP contribution is -1.74. The van der Waals surface area contributed by atoms with Gasteiger partial charge >= 0.3 is 0 Å². The largest absolute Gasteiger partial charge is 0.144 e. The van der Waals surface area contributed by atoms with E-state index in [0.717, 1.165) is 0 Å². The van der Waals surface area contributed by atoms with Gasteiger partial charge in [0.1, 0.15) is 0 Å². The molecule has 6 heteroatoms. The highest BCUT2D eigenvalue weighted by atomic mass is 32.1. The van der Waals surface area contributed by atoms with Crippen molar-refractivity contribution in [3.63, 3.8) is 0 Å². The van der Waals surface area contributed by atoms with E-state index in [1.165, 1.54) is 80.7 Å². The number of thiophene rings is 6. The maximum atomic E-state index is 2.44. The van der Waals surface area contributed by atoms with Crippen LogP contribution >= 0.6 is 68.0 Å². The minimum Gasteiger partial charge on any atom is -0.144 e. The second kappa shape index (κ2) is 9.21. The summed E-state index contributed by atoms with van der Waals surface area (Å²) in [6.45, 7) is 0. The molecule has 9 aromatic rings. The Morgan fingerprint density at radius 3 is 1.12 bits per heavy atom. The van der Waals surface area contributed by atoms with E-state index in [2.05, 4.69) is 108 Å². The van der Waals surface area contributed by atoms with Crippen LogP contribution in [-0.2, 0) is 0 Å². The Hall–Kier alpha value is -3.10. The summed E-state index contributed by atoms with van der Waals surface area (Å²) in [5, 5.41) is 7.08. The Morgan fingerprint density at radius 1 is 0.350 bits per heavy atom. The van der Waals surface area contributed by atoms with Gasteiger partial charge in [-0.1, -0.05) is 60.7 Å². The van der Waals surface area contributed by atoms with Crippen LogP contribution in [0.4, 0.5) is 0 Å². The molecule has 0 aliphatic carbocycles. The Morgan fingerprint density at radius 2 is 0.750 bits per heavy atom. The van der Waals surface area contributed by atoms with Crippen LogP contribution in [-0.4, -0.2) is 0 Å². The van der Waals surface area contributed by atoms with Crippen molar-refractivity contribution < 1.29 is 0 Å². The third-order valence-electron chi connectivity index (χ3n) is 7.36. The molecule has 0 fully saturated rings. The molecule has 0 saturated heterocycles. The van der Waals surface area contributed by atoms with Gasteiger partial charge in [-0.3, -0.25) is 0 Å². The van der Waals surface area contributed by atoms with Crippen molar-refractivity contribution in [3.8, 4) is 41.8 Å². The molecule has 9 rings (SSSR count). The molecule has 0 N–H and O–H groups in total. The van der Waals surface area contributed by atoms with Crippen molar-refractivity contribution in [2.75, 3.05) is 0 Å². The molecule has 0 amide bonds. The number of fused-ring (bicyclic) bond motifs is 6. The lowest BCUT2D eigenvalue weighted by molar-refractivity contribution is 1.69. The SMILES string of the molecule is c1csc(-c2ccc(-c3cc4sc5cc6c(cc5c4s3)sc3cc(-c4ccc(-c5cccs5)cc4)sc36)cc2)c1. The van der Waals surface area contributed by atoms with Crippen molar-refractivity contribution in [1.29, 1.82) is 0 Å². The predicted octanol–water partition coefficient (Wildman–Crippen LogP) is 13.3. The monoisotopic (exact) mass is 618 g/mol. The van der Waals surface area contributed by atoms with Crippen LogP contribution < -0.4 is 0 Å². The highest BCUT2D eigenvalue weighted by Gasteiger charge is 2.16. The quantitative estimate of drug-likeness (QED) is 0.184. The van der Waals surface area contributed by atoms with Crippen molar-refractivity contribution in [1.82, 2.24) is 0 Å². The zero-order valence-electron chi connectivity index (χ0n) is 20.8. The smallest absolute Gasteiger partial charge is 0.0536 e. The molecule has 0 nitrogen and oxygen atoms in total. The topological polar surface area (TPSA) is 0 Å². The molecule has 6 aromatic heterocycles. The van der Waals surface area contributed by atoms with Gasteiger partial charge in [0.2, 0.25) is 0 Å². The molecular weight excluding hydrogens is 601 g/mol. The molecule has 0 bridgehead atoms. The second-order valence-electron chi connectivity index (χ2n) is 9.77. The van der Waals surface area contributed by atoms with E-state index in [0.29, 0.717) is 0 Å². The molecule has 0 saturated carbocycles. The predicted molar refractivity (Wildman–Crippen MR) is 185 cm³/mol. The highest BCUT2D eigenvalue weighted by Crippen LogP contribution is 2.48. The lowest BCUT2D eigenvalue weighted by Gasteiger charge is -2.01. The number of rotatable bonds is 4. The molecule has 0 radical (unpaired) electrons. The summed E-state index contributed by atoms with van der Waals surface area (Å²) in [7, 11) is 0. The molecular formula is C34H18S6. The van der Waals surface area contributed by atoms with Gasteiger partial charge in [-0.25, -0.2) is 0 Å². The summed E-state index contributed by atoms with van der Waals surface area (Å²) in [5.74, 6) is 0. The first-order valence-electron chi connectivity index (χ1n) is 12.9. The third kappa shape index (κ3) is 3.79. The van der Waals surface area contributed by atoms with Gasteiger partial charge in [0, 0.05) is 49.1 Å². The summed E-state index contributed by atoms with van der Waals surface area (Å²) in [4.78, 5) is 5.35. The Bertz CT molecular complexity index is 2120. The van der Waals surface area contributed by atoms with Gasteiger partial charge < -0.3 is 0 Å². The minimum atomic E-state index is 1.29. The first-order valence-corrected chi connectivity index (χ1v) is 17.9. The zero-order chi connectivity index (χ0) is 26.2. The van der Waals surface area contributed by atoms with Crippen LogP contribution in [0.1, 0.15) is 0 Å². The molecule has 190 valence electrons.